The number of alkyl halides is 3. The zero-order valence-electron chi connectivity index (χ0n) is 20.6. The largest absolute Gasteiger partial charge is 0.416 e. The van der Waals surface area contributed by atoms with Gasteiger partial charge in [-0.05, 0) is 66.3 Å². The Morgan fingerprint density at radius 2 is 1.59 bits per heavy atom. The second-order valence-corrected chi connectivity index (χ2v) is 11.2. The van der Waals surface area contributed by atoms with E-state index in [1.807, 2.05) is 13.8 Å². The quantitative estimate of drug-likeness (QED) is 0.503. The number of carbonyl (C=O) groups is 2. The van der Waals surface area contributed by atoms with Crippen molar-refractivity contribution < 1.29 is 31.2 Å². The molecule has 2 amide bonds. The molecular weight excluding hydrogens is 507 g/mol. The fraction of sp³-hybridized carbons (Fsp3) is 0.385. The Morgan fingerprint density at radius 1 is 1.03 bits per heavy atom. The summed E-state index contributed by atoms with van der Waals surface area (Å²) in [5, 5.41) is 5.56. The summed E-state index contributed by atoms with van der Waals surface area (Å²) in [6.45, 7) is 7.89. The summed E-state index contributed by atoms with van der Waals surface area (Å²) in [6.07, 6.45) is -2.87. The van der Waals surface area contributed by atoms with E-state index < -0.39 is 27.7 Å². The third-order valence-corrected chi connectivity index (χ3v) is 8.28. The molecule has 1 saturated heterocycles. The summed E-state index contributed by atoms with van der Waals surface area (Å²) in [7, 11) is -3.81. The number of hydrogen-bond donors (Lipinski definition) is 2. The normalized spacial score (nSPS) is 20.7. The zero-order valence-corrected chi connectivity index (χ0v) is 21.4. The molecule has 37 heavy (non-hydrogen) atoms. The van der Waals surface area contributed by atoms with E-state index in [0.717, 1.165) is 12.1 Å². The summed E-state index contributed by atoms with van der Waals surface area (Å²) in [4.78, 5) is 24.2. The van der Waals surface area contributed by atoms with E-state index in [-0.39, 0.29) is 53.9 Å². The molecule has 0 spiro atoms. The molecule has 200 valence electrons. The van der Waals surface area contributed by atoms with Crippen LogP contribution in [0.1, 0.15) is 35.3 Å². The van der Waals surface area contributed by atoms with Crippen molar-refractivity contribution in [3.05, 3.63) is 77.9 Å². The van der Waals surface area contributed by atoms with Crippen LogP contribution in [0, 0.1) is 11.8 Å². The van der Waals surface area contributed by atoms with Gasteiger partial charge in [-0.3, -0.25) is 9.59 Å². The van der Waals surface area contributed by atoms with Gasteiger partial charge in [0.2, 0.25) is 15.9 Å². The average molecular weight is 538 g/mol. The van der Waals surface area contributed by atoms with Gasteiger partial charge in [0.15, 0.2) is 0 Å². The number of piperidine rings is 1. The molecule has 1 heterocycles. The summed E-state index contributed by atoms with van der Waals surface area (Å²) in [6, 6.07) is 10.1. The van der Waals surface area contributed by atoms with E-state index in [1.165, 1.54) is 46.8 Å². The Kier molecular flexibility index (Phi) is 8.80. The summed E-state index contributed by atoms with van der Waals surface area (Å²) in [5.41, 5.74) is 0.174. The molecule has 11 heteroatoms. The van der Waals surface area contributed by atoms with Crippen LogP contribution in [0.5, 0.6) is 0 Å². The average Bonchev–Trinajstić information content (AvgIpc) is 2.85. The van der Waals surface area contributed by atoms with Gasteiger partial charge in [-0.2, -0.15) is 17.5 Å². The minimum Gasteiger partial charge on any atom is -0.352 e. The molecule has 1 fully saturated rings. The van der Waals surface area contributed by atoms with Gasteiger partial charge in [0.1, 0.15) is 0 Å². The molecule has 0 bridgehead atoms. The van der Waals surface area contributed by atoms with Gasteiger partial charge < -0.3 is 10.6 Å². The first-order valence-corrected chi connectivity index (χ1v) is 13.2. The minimum absolute atomic E-state index is 0.0572. The lowest BCUT2D eigenvalue weighted by Gasteiger charge is -2.40. The lowest BCUT2D eigenvalue weighted by Crippen LogP contribution is -2.55. The van der Waals surface area contributed by atoms with E-state index in [9.17, 15) is 31.2 Å². The van der Waals surface area contributed by atoms with Crippen molar-refractivity contribution in [3.63, 3.8) is 0 Å². The topological polar surface area (TPSA) is 95.6 Å². The number of hydrogen-bond acceptors (Lipinski definition) is 4. The van der Waals surface area contributed by atoms with Gasteiger partial charge in [-0.15, -0.1) is 0 Å². The van der Waals surface area contributed by atoms with Crippen LogP contribution < -0.4 is 10.6 Å². The molecule has 3 rings (SSSR count). The van der Waals surface area contributed by atoms with Crippen LogP contribution in [0.2, 0.25) is 0 Å². The van der Waals surface area contributed by atoms with E-state index in [2.05, 4.69) is 17.2 Å². The van der Waals surface area contributed by atoms with E-state index in [0.29, 0.717) is 12.0 Å². The fourth-order valence-electron chi connectivity index (χ4n) is 4.42. The third-order valence-electron chi connectivity index (χ3n) is 6.44. The van der Waals surface area contributed by atoms with Crippen molar-refractivity contribution in [1.82, 2.24) is 14.9 Å². The first-order chi connectivity index (χ1) is 17.3. The lowest BCUT2D eigenvalue weighted by molar-refractivity contribution is -0.137. The summed E-state index contributed by atoms with van der Waals surface area (Å²) in [5.74, 6) is -0.945. The van der Waals surface area contributed by atoms with Gasteiger partial charge in [-0.1, -0.05) is 32.6 Å². The highest BCUT2D eigenvalue weighted by molar-refractivity contribution is 7.89. The molecule has 2 aromatic carbocycles. The van der Waals surface area contributed by atoms with Crippen molar-refractivity contribution in [2.24, 2.45) is 11.8 Å². The maximum atomic E-state index is 13.2. The Labute approximate surface area is 214 Å². The first kappa shape index (κ1) is 28.4. The molecule has 1 aliphatic heterocycles. The van der Waals surface area contributed by atoms with Gasteiger partial charge in [-0.25, -0.2) is 8.42 Å². The lowest BCUT2D eigenvalue weighted by atomic mass is 9.87. The first-order valence-electron chi connectivity index (χ1n) is 11.8. The van der Waals surface area contributed by atoms with E-state index in [1.54, 1.807) is 0 Å². The van der Waals surface area contributed by atoms with Crippen LogP contribution in [-0.4, -0.2) is 50.2 Å². The second kappa shape index (κ2) is 11.5. The monoisotopic (exact) mass is 537 g/mol. The van der Waals surface area contributed by atoms with Gasteiger partial charge >= 0.3 is 6.18 Å². The Hall–Kier alpha value is -3.18. The van der Waals surface area contributed by atoms with Crippen LogP contribution >= 0.6 is 0 Å². The highest BCUT2D eigenvalue weighted by Gasteiger charge is 2.38. The summed E-state index contributed by atoms with van der Waals surface area (Å²) >= 11 is 0. The minimum atomic E-state index is -4.40. The predicted molar refractivity (Wildman–Crippen MR) is 133 cm³/mol. The maximum Gasteiger partial charge on any atom is 0.416 e. The van der Waals surface area contributed by atoms with Crippen molar-refractivity contribution in [1.29, 1.82) is 0 Å². The molecule has 0 aromatic heterocycles. The molecule has 2 aromatic rings. The number of sulfonamides is 1. The number of benzene rings is 2. The summed E-state index contributed by atoms with van der Waals surface area (Å²) < 4.78 is 65.8. The van der Waals surface area contributed by atoms with Crippen LogP contribution in [0.4, 0.5) is 13.2 Å². The van der Waals surface area contributed by atoms with Crippen molar-refractivity contribution in [2.45, 2.75) is 37.4 Å². The maximum absolute atomic E-state index is 13.2. The smallest absolute Gasteiger partial charge is 0.352 e. The highest BCUT2D eigenvalue weighted by atomic mass is 32.2. The van der Waals surface area contributed by atoms with E-state index in [4.69, 9.17) is 0 Å². The van der Waals surface area contributed by atoms with Crippen LogP contribution in [0.25, 0.3) is 0 Å². The van der Waals surface area contributed by atoms with E-state index >= 15 is 0 Å². The van der Waals surface area contributed by atoms with Crippen LogP contribution in [0.15, 0.2) is 66.1 Å². The van der Waals surface area contributed by atoms with Gasteiger partial charge in [0.05, 0.1) is 10.5 Å². The number of amides is 2. The molecule has 0 aliphatic carbocycles. The second-order valence-electron chi connectivity index (χ2n) is 9.24. The zero-order chi connectivity index (χ0) is 27.4. The Balaban J connectivity index is 1.58. The Bertz CT molecular complexity index is 1220. The number of nitrogens with zero attached hydrogens (tertiary/aromatic N) is 1. The molecule has 2 N–H and O–H groups in total. The van der Waals surface area contributed by atoms with Gasteiger partial charge in [0, 0.05) is 31.2 Å². The van der Waals surface area contributed by atoms with Crippen LogP contribution in [-0.2, 0) is 27.4 Å². The highest BCUT2D eigenvalue weighted by Crippen LogP contribution is 2.29. The molecule has 1 aliphatic rings. The standard InChI is InChI=1S/C26H30F3N3O4S/c1-4-23(33)31-24-17(2)15-32(16-18(24)3)37(35,36)22-11-7-20(8-12-22)25(34)30-14-13-19-5-9-21(10-6-19)26(27,28)29/h4-12,17-18,24H,1,13-16H2,2-3H3,(H,30,34)(H,31,33). The van der Waals surface area contributed by atoms with Crippen molar-refractivity contribution in [2.75, 3.05) is 19.6 Å². The van der Waals surface area contributed by atoms with Crippen molar-refractivity contribution in [3.8, 4) is 0 Å². The molecule has 2 atom stereocenters. The molecule has 0 radical (unpaired) electrons. The van der Waals surface area contributed by atoms with Gasteiger partial charge in [0.25, 0.3) is 5.91 Å². The van der Waals surface area contributed by atoms with Crippen molar-refractivity contribution >= 4 is 21.8 Å². The van der Waals surface area contributed by atoms with Crippen LogP contribution in [0.3, 0.4) is 0 Å². The predicted octanol–water partition coefficient (Wildman–Crippen LogP) is 3.63. The Morgan fingerprint density at radius 3 is 2.11 bits per heavy atom. The molecular formula is C26H30F3N3O4S. The number of halogens is 3. The fourth-order valence-corrected chi connectivity index (χ4v) is 6.06. The number of rotatable bonds is 8. The number of carbonyl (C=O) groups excluding carboxylic acids is 2. The third kappa shape index (κ3) is 6.98. The molecule has 2 unspecified atom stereocenters. The number of nitrogens with one attached hydrogen (secondary N) is 2. The molecule has 0 saturated carbocycles. The SMILES string of the molecule is C=CC(=O)NC1C(C)CN(S(=O)(=O)c2ccc(C(=O)NCCc3ccc(C(F)(F)F)cc3)cc2)CC1C. The molecule has 7 nitrogen and oxygen atoms in total.